The summed E-state index contributed by atoms with van der Waals surface area (Å²) in [6.45, 7) is 4.27. The van der Waals surface area contributed by atoms with E-state index in [2.05, 4.69) is 15.7 Å². The minimum absolute atomic E-state index is 0.168. The standard InChI is InChI=1S/C21H19Cl2F3N4O/c1-11-13(12(2)30(29-11)10-14-15(22)4-3-5-16(14)23)8-27-9-19(31)28-18-7-6-17(24)20(25)21(18)26/h3-7,27H,8-10H2,1-2H3,(H,28,31). The number of anilines is 1. The van der Waals surface area contributed by atoms with E-state index >= 15 is 0 Å². The Bertz CT molecular complexity index is 1110. The van der Waals surface area contributed by atoms with Gasteiger partial charge < -0.3 is 10.6 Å². The highest BCUT2D eigenvalue weighted by atomic mass is 35.5. The first kappa shape index (κ1) is 23.1. The molecule has 0 radical (unpaired) electrons. The smallest absolute Gasteiger partial charge is 0.238 e. The lowest BCUT2D eigenvalue weighted by Gasteiger charge is -2.10. The van der Waals surface area contributed by atoms with Gasteiger partial charge in [0.05, 0.1) is 24.5 Å². The average molecular weight is 471 g/mol. The summed E-state index contributed by atoms with van der Waals surface area (Å²) in [5.41, 5.74) is 2.84. The van der Waals surface area contributed by atoms with Gasteiger partial charge in [-0.3, -0.25) is 9.48 Å². The molecular weight excluding hydrogens is 452 g/mol. The van der Waals surface area contributed by atoms with Crippen molar-refractivity contribution in [2.75, 3.05) is 11.9 Å². The first-order valence-electron chi connectivity index (χ1n) is 9.28. The summed E-state index contributed by atoms with van der Waals surface area (Å²) < 4.78 is 41.7. The van der Waals surface area contributed by atoms with Crippen LogP contribution >= 0.6 is 23.2 Å². The molecule has 0 aliphatic carbocycles. The topological polar surface area (TPSA) is 59.0 Å². The number of rotatable bonds is 7. The van der Waals surface area contributed by atoms with Crippen LogP contribution in [-0.2, 0) is 17.9 Å². The number of benzene rings is 2. The minimum atomic E-state index is -1.64. The number of carbonyl (C=O) groups is 1. The highest BCUT2D eigenvalue weighted by molar-refractivity contribution is 6.35. The lowest BCUT2D eigenvalue weighted by molar-refractivity contribution is -0.115. The molecule has 3 aromatic rings. The number of aryl methyl sites for hydroxylation is 1. The SMILES string of the molecule is Cc1nn(Cc2c(Cl)cccc2Cl)c(C)c1CNCC(=O)Nc1ccc(F)c(F)c1F. The van der Waals surface area contributed by atoms with Gasteiger partial charge in [-0.05, 0) is 38.1 Å². The molecule has 1 heterocycles. The molecule has 0 fully saturated rings. The number of hydrogen-bond acceptors (Lipinski definition) is 3. The Morgan fingerprint density at radius 2 is 1.71 bits per heavy atom. The fourth-order valence-corrected chi connectivity index (χ4v) is 3.61. The number of carbonyl (C=O) groups excluding carboxylic acids is 1. The maximum atomic E-state index is 13.7. The molecule has 3 rings (SSSR count). The molecule has 0 aliphatic heterocycles. The fourth-order valence-electron chi connectivity index (χ4n) is 3.09. The van der Waals surface area contributed by atoms with Crippen molar-refractivity contribution in [2.24, 2.45) is 0 Å². The van der Waals surface area contributed by atoms with E-state index in [1.54, 1.807) is 22.9 Å². The van der Waals surface area contributed by atoms with Gasteiger partial charge in [0.2, 0.25) is 5.91 Å². The van der Waals surface area contributed by atoms with Crippen molar-refractivity contribution in [3.05, 3.63) is 80.3 Å². The highest BCUT2D eigenvalue weighted by Crippen LogP contribution is 2.26. The van der Waals surface area contributed by atoms with Crippen LogP contribution in [0.1, 0.15) is 22.5 Å². The summed E-state index contributed by atoms with van der Waals surface area (Å²) in [6.07, 6.45) is 0. The summed E-state index contributed by atoms with van der Waals surface area (Å²) in [5.74, 6) is -5.01. The van der Waals surface area contributed by atoms with Gasteiger partial charge >= 0.3 is 0 Å². The third-order valence-corrected chi connectivity index (χ3v) is 5.51. The van der Waals surface area contributed by atoms with Gasteiger partial charge in [-0.2, -0.15) is 5.10 Å². The van der Waals surface area contributed by atoms with E-state index in [-0.39, 0.29) is 6.54 Å². The van der Waals surface area contributed by atoms with Gasteiger partial charge in [-0.25, -0.2) is 13.2 Å². The maximum absolute atomic E-state index is 13.7. The molecule has 2 aromatic carbocycles. The largest absolute Gasteiger partial charge is 0.322 e. The lowest BCUT2D eigenvalue weighted by atomic mass is 10.2. The van der Waals surface area contributed by atoms with E-state index in [4.69, 9.17) is 23.2 Å². The molecule has 0 bridgehead atoms. The van der Waals surface area contributed by atoms with E-state index in [0.717, 1.165) is 34.6 Å². The number of nitrogens with zero attached hydrogens (tertiary/aromatic N) is 2. The van der Waals surface area contributed by atoms with E-state index < -0.39 is 29.0 Å². The van der Waals surface area contributed by atoms with E-state index in [0.29, 0.717) is 23.1 Å². The third-order valence-electron chi connectivity index (χ3n) is 4.80. The van der Waals surface area contributed by atoms with Crippen molar-refractivity contribution in [1.82, 2.24) is 15.1 Å². The quantitative estimate of drug-likeness (QED) is 0.477. The number of halogens is 5. The van der Waals surface area contributed by atoms with Crippen LogP contribution in [0.25, 0.3) is 0 Å². The second kappa shape index (κ2) is 9.72. The summed E-state index contributed by atoms with van der Waals surface area (Å²) in [4.78, 5) is 12.0. The van der Waals surface area contributed by atoms with Gasteiger partial charge in [0.1, 0.15) is 0 Å². The Morgan fingerprint density at radius 1 is 1.03 bits per heavy atom. The third kappa shape index (κ3) is 5.20. The number of aromatic nitrogens is 2. The van der Waals surface area contributed by atoms with Gasteiger partial charge in [-0.1, -0.05) is 29.3 Å². The summed E-state index contributed by atoms with van der Waals surface area (Å²) in [6, 6.07) is 6.98. The zero-order valence-corrected chi connectivity index (χ0v) is 18.2. The Labute approximate surface area is 187 Å². The number of amides is 1. The van der Waals surface area contributed by atoms with Gasteiger partial charge in [0, 0.05) is 33.4 Å². The Balaban J connectivity index is 1.62. The summed E-state index contributed by atoms with van der Waals surface area (Å²) in [5, 5.41) is 10.8. The van der Waals surface area contributed by atoms with Gasteiger partial charge in [0.15, 0.2) is 17.5 Å². The zero-order valence-electron chi connectivity index (χ0n) is 16.7. The zero-order chi connectivity index (χ0) is 22.7. The van der Waals surface area contributed by atoms with Crippen molar-refractivity contribution in [2.45, 2.75) is 26.9 Å². The molecule has 0 unspecified atom stereocenters. The fraction of sp³-hybridized carbons (Fsp3) is 0.238. The van der Waals surface area contributed by atoms with Crippen molar-refractivity contribution in [3.8, 4) is 0 Å². The highest BCUT2D eigenvalue weighted by Gasteiger charge is 2.17. The first-order chi connectivity index (χ1) is 14.7. The Hall–Kier alpha value is -2.55. The predicted molar refractivity (Wildman–Crippen MR) is 114 cm³/mol. The second-order valence-corrected chi connectivity index (χ2v) is 7.70. The molecule has 164 valence electrons. The molecule has 1 aromatic heterocycles. The van der Waals surface area contributed by atoms with Crippen molar-refractivity contribution in [3.63, 3.8) is 0 Å². The Kier molecular flexibility index (Phi) is 7.25. The molecule has 10 heteroatoms. The van der Waals surface area contributed by atoms with E-state index in [1.807, 2.05) is 13.8 Å². The van der Waals surface area contributed by atoms with Crippen LogP contribution in [0.3, 0.4) is 0 Å². The Morgan fingerprint density at radius 3 is 2.39 bits per heavy atom. The predicted octanol–water partition coefficient (Wildman–Crippen LogP) is 5.00. The summed E-state index contributed by atoms with van der Waals surface area (Å²) in [7, 11) is 0. The first-order valence-corrected chi connectivity index (χ1v) is 10.0. The molecule has 0 atom stereocenters. The summed E-state index contributed by atoms with van der Waals surface area (Å²) >= 11 is 12.5. The van der Waals surface area contributed by atoms with Crippen LogP contribution in [0.15, 0.2) is 30.3 Å². The second-order valence-electron chi connectivity index (χ2n) is 6.88. The van der Waals surface area contributed by atoms with Gasteiger partial charge in [-0.15, -0.1) is 0 Å². The molecule has 1 amide bonds. The van der Waals surface area contributed by atoms with Crippen LogP contribution in [0, 0.1) is 31.3 Å². The minimum Gasteiger partial charge on any atom is -0.322 e. The van der Waals surface area contributed by atoms with Crippen LogP contribution in [0.2, 0.25) is 10.0 Å². The van der Waals surface area contributed by atoms with Crippen molar-refractivity contribution >= 4 is 34.8 Å². The number of nitrogens with one attached hydrogen (secondary N) is 2. The molecule has 2 N–H and O–H groups in total. The maximum Gasteiger partial charge on any atom is 0.238 e. The van der Waals surface area contributed by atoms with Crippen LogP contribution in [0.4, 0.5) is 18.9 Å². The lowest BCUT2D eigenvalue weighted by Crippen LogP contribution is -2.28. The monoisotopic (exact) mass is 470 g/mol. The average Bonchev–Trinajstić information content (AvgIpc) is 2.98. The van der Waals surface area contributed by atoms with E-state index in [9.17, 15) is 18.0 Å². The molecule has 0 aliphatic rings. The molecule has 5 nitrogen and oxygen atoms in total. The molecular formula is C21H19Cl2F3N4O. The number of hydrogen-bond donors (Lipinski definition) is 2. The van der Waals surface area contributed by atoms with E-state index in [1.165, 1.54) is 0 Å². The molecule has 0 saturated carbocycles. The van der Waals surface area contributed by atoms with Crippen LogP contribution in [0.5, 0.6) is 0 Å². The molecule has 0 spiro atoms. The van der Waals surface area contributed by atoms with Gasteiger partial charge in [0.25, 0.3) is 0 Å². The molecule has 31 heavy (non-hydrogen) atoms. The van der Waals surface area contributed by atoms with Crippen molar-refractivity contribution in [1.29, 1.82) is 0 Å². The normalized spacial score (nSPS) is 11.1. The van der Waals surface area contributed by atoms with Crippen molar-refractivity contribution < 1.29 is 18.0 Å². The molecule has 0 saturated heterocycles. The van der Waals surface area contributed by atoms with Crippen LogP contribution in [-0.4, -0.2) is 22.2 Å². The van der Waals surface area contributed by atoms with Crippen LogP contribution < -0.4 is 10.6 Å².